The minimum absolute atomic E-state index is 0.301. The molecule has 2 fully saturated rings. The predicted octanol–water partition coefficient (Wildman–Crippen LogP) is 2.93. The monoisotopic (exact) mass is 316 g/mol. The van der Waals surface area contributed by atoms with Crippen molar-refractivity contribution >= 4 is 11.6 Å². The minimum Gasteiger partial charge on any atom is -0.381 e. The molecule has 1 aromatic carbocycles. The zero-order valence-electron chi connectivity index (χ0n) is 14.2. The second-order valence-electron chi connectivity index (χ2n) is 7.00. The zero-order chi connectivity index (χ0) is 16.1. The van der Waals surface area contributed by atoms with Crippen molar-refractivity contribution < 1.29 is 9.53 Å². The fourth-order valence-corrected chi connectivity index (χ4v) is 3.77. The zero-order valence-corrected chi connectivity index (χ0v) is 14.2. The number of ether oxygens (including phenoxy) is 1. The largest absolute Gasteiger partial charge is 0.381 e. The minimum atomic E-state index is 0.301. The number of anilines is 1. The first-order chi connectivity index (χ1) is 11.2. The van der Waals surface area contributed by atoms with Crippen LogP contribution in [0.5, 0.6) is 0 Å². The van der Waals surface area contributed by atoms with Crippen LogP contribution in [0.4, 0.5) is 5.69 Å². The van der Waals surface area contributed by atoms with Crippen molar-refractivity contribution in [2.75, 3.05) is 44.8 Å². The van der Waals surface area contributed by atoms with Gasteiger partial charge in [0.1, 0.15) is 0 Å². The summed E-state index contributed by atoms with van der Waals surface area (Å²) in [5.74, 6) is 0.301. The molecule has 0 bridgehead atoms. The SMILES string of the molecule is CN(CCC(=O)N1CCC2(CCOCC2)CC1)c1ccccc1. The number of benzene rings is 1. The number of carbonyl (C=O) groups excluding carboxylic acids is 1. The van der Waals surface area contributed by atoms with Crippen LogP contribution in [0.1, 0.15) is 32.1 Å². The Hall–Kier alpha value is -1.55. The van der Waals surface area contributed by atoms with E-state index in [2.05, 4.69) is 29.0 Å². The Kier molecular flexibility index (Phi) is 5.21. The molecule has 3 rings (SSSR count). The number of carbonyl (C=O) groups is 1. The van der Waals surface area contributed by atoms with Gasteiger partial charge in [0.25, 0.3) is 0 Å². The number of hydrogen-bond donors (Lipinski definition) is 0. The van der Waals surface area contributed by atoms with Gasteiger partial charge in [-0.05, 0) is 43.2 Å². The fourth-order valence-electron chi connectivity index (χ4n) is 3.77. The molecule has 0 atom stereocenters. The van der Waals surface area contributed by atoms with Crippen LogP contribution in [0.15, 0.2) is 30.3 Å². The lowest BCUT2D eigenvalue weighted by Gasteiger charge is -2.44. The van der Waals surface area contributed by atoms with Crippen molar-refractivity contribution in [3.8, 4) is 0 Å². The third-order valence-corrected chi connectivity index (χ3v) is 5.59. The number of rotatable bonds is 4. The highest BCUT2D eigenvalue weighted by Crippen LogP contribution is 2.40. The quantitative estimate of drug-likeness (QED) is 0.856. The summed E-state index contributed by atoms with van der Waals surface area (Å²) in [4.78, 5) is 16.7. The lowest BCUT2D eigenvalue weighted by molar-refractivity contribution is -0.134. The van der Waals surface area contributed by atoms with Gasteiger partial charge in [-0.3, -0.25) is 4.79 Å². The van der Waals surface area contributed by atoms with E-state index in [1.807, 2.05) is 18.2 Å². The molecule has 0 aromatic heterocycles. The Bertz CT molecular complexity index is 501. The summed E-state index contributed by atoms with van der Waals surface area (Å²) >= 11 is 0. The summed E-state index contributed by atoms with van der Waals surface area (Å²) in [6.45, 7) is 4.42. The molecular weight excluding hydrogens is 288 g/mol. The van der Waals surface area contributed by atoms with Gasteiger partial charge in [0.2, 0.25) is 5.91 Å². The highest BCUT2D eigenvalue weighted by Gasteiger charge is 2.36. The molecule has 4 nitrogen and oxygen atoms in total. The Labute approximate surface area is 139 Å². The number of para-hydroxylation sites is 1. The Morgan fingerprint density at radius 3 is 2.43 bits per heavy atom. The first-order valence-electron chi connectivity index (χ1n) is 8.80. The first kappa shape index (κ1) is 16.3. The van der Waals surface area contributed by atoms with Crippen LogP contribution >= 0.6 is 0 Å². The number of hydrogen-bond acceptors (Lipinski definition) is 3. The van der Waals surface area contributed by atoms with Crippen LogP contribution in [-0.2, 0) is 9.53 Å². The van der Waals surface area contributed by atoms with Crippen LogP contribution in [-0.4, -0.2) is 50.7 Å². The van der Waals surface area contributed by atoms with Gasteiger partial charge in [-0.15, -0.1) is 0 Å². The molecule has 4 heteroatoms. The average Bonchev–Trinajstić information content (AvgIpc) is 2.61. The standard InChI is InChI=1S/C19H28N2O2/c1-20(17-5-3-2-4-6-17)12-7-18(22)21-13-8-19(9-14-21)10-15-23-16-11-19/h2-6H,7-16H2,1H3. The molecule has 1 aromatic rings. The third-order valence-electron chi connectivity index (χ3n) is 5.59. The summed E-state index contributed by atoms with van der Waals surface area (Å²) in [5.41, 5.74) is 1.62. The molecule has 2 saturated heterocycles. The molecule has 2 aliphatic heterocycles. The van der Waals surface area contributed by atoms with Gasteiger partial charge < -0.3 is 14.5 Å². The van der Waals surface area contributed by atoms with E-state index in [1.165, 1.54) is 18.5 Å². The number of likely N-dealkylation sites (tertiary alicyclic amines) is 1. The molecule has 126 valence electrons. The summed E-state index contributed by atoms with van der Waals surface area (Å²) in [6.07, 6.45) is 5.24. The second kappa shape index (κ2) is 7.35. The second-order valence-corrected chi connectivity index (χ2v) is 7.00. The Balaban J connectivity index is 1.44. The van der Waals surface area contributed by atoms with E-state index < -0.39 is 0 Å². The van der Waals surface area contributed by atoms with Crippen molar-refractivity contribution in [3.63, 3.8) is 0 Å². The molecule has 0 N–H and O–H groups in total. The Morgan fingerprint density at radius 1 is 1.13 bits per heavy atom. The van der Waals surface area contributed by atoms with Crippen molar-refractivity contribution in [2.24, 2.45) is 5.41 Å². The van der Waals surface area contributed by atoms with E-state index >= 15 is 0 Å². The summed E-state index contributed by atoms with van der Waals surface area (Å²) in [5, 5.41) is 0. The van der Waals surface area contributed by atoms with Crippen LogP contribution in [0.25, 0.3) is 0 Å². The molecule has 2 aliphatic rings. The maximum Gasteiger partial charge on any atom is 0.224 e. The maximum absolute atomic E-state index is 12.5. The molecule has 0 radical (unpaired) electrons. The molecule has 2 heterocycles. The smallest absolute Gasteiger partial charge is 0.224 e. The predicted molar refractivity (Wildman–Crippen MR) is 92.6 cm³/mol. The van der Waals surface area contributed by atoms with Gasteiger partial charge >= 0.3 is 0 Å². The molecule has 0 aliphatic carbocycles. The van der Waals surface area contributed by atoms with E-state index in [0.717, 1.165) is 45.7 Å². The average molecular weight is 316 g/mol. The third kappa shape index (κ3) is 4.05. The van der Waals surface area contributed by atoms with Crippen molar-refractivity contribution in [2.45, 2.75) is 32.1 Å². The first-order valence-corrected chi connectivity index (χ1v) is 8.80. The van der Waals surface area contributed by atoms with Gasteiger partial charge in [0.15, 0.2) is 0 Å². The summed E-state index contributed by atoms with van der Waals surface area (Å²) < 4.78 is 5.49. The molecule has 1 spiro atoms. The maximum atomic E-state index is 12.5. The lowest BCUT2D eigenvalue weighted by atomic mass is 9.72. The lowest BCUT2D eigenvalue weighted by Crippen LogP contribution is -2.45. The van der Waals surface area contributed by atoms with Crippen molar-refractivity contribution in [3.05, 3.63) is 30.3 Å². The van der Waals surface area contributed by atoms with Gasteiger partial charge in [-0.2, -0.15) is 0 Å². The number of piperidine rings is 1. The highest BCUT2D eigenvalue weighted by molar-refractivity contribution is 5.77. The number of amides is 1. The van der Waals surface area contributed by atoms with Gasteiger partial charge in [-0.25, -0.2) is 0 Å². The Morgan fingerprint density at radius 2 is 1.78 bits per heavy atom. The molecule has 1 amide bonds. The van der Waals surface area contributed by atoms with E-state index in [1.54, 1.807) is 0 Å². The molecule has 0 saturated carbocycles. The van der Waals surface area contributed by atoms with Crippen LogP contribution < -0.4 is 4.90 Å². The summed E-state index contributed by atoms with van der Waals surface area (Å²) in [6, 6.07) is 10.3. The van der Waals surface area contributed by atoms with Gasteiger partial charge in [0, 0.05) is 52.0 Å². The van der Waals surface area contributed by atoms with Crippen LogP contribution in [0, 0.1) is 5.41 Å². The summed E-state index contributed by atoms with van der Waals surface area (Å²) in [7, 11) is 2.05. The normalized spacial score (nSPS) is 20.5. The molecular formula is C19H28N2O2. The highest BCUT2D eigenvalue weighted by atomic mass is 16.5. The molecule has 23 heavy (non-hydrogen) atoms. The van der Waals surface area contributed by atoms with E-state index in [4.69, 9.17) is 4.74 Å². The van der Waals surface area contributed by atoms with E-state index in [0.29, 0.717) is 17.7 Å². The van der Waals surface area contributed by atoms with Gasteiger partial charge in [-0.1, -0.05) is 18.2 Å². The van der Waals surface area contributed by atoms with Crippen molar-refractivity contribution in [1.29, 1.82) is 0 Å². The topological polar surface area (TPSA) is 32.8 Å². The van der Waals surface area contributed by atoms with Crippen molar-refractivity contribution in [1.82, 2.24) is 4.90 Å². The van der Waals surface area contributed by atoms with Gasteiger partial charge in [0.05, 0.1) is 0 Å². The van der Waals surface area contributed by atoms with Crippen LogP contribution in [0.2, 0.25) is 0 Å². The number of nitrogens with zero attached hydrogens (tertiary/aromatic N) is 2. The molecule has 0 unspecified atom stereocenters. The van der Waals surface area contributed by atoms with Crippen LogP contribution in [0.3, 0.4) is 0 Å². The van der Waals surface area contributed by atoms with E-state index in [9.17, 15) is 4.79 Å². The van der Waals surface area contributed by atoms with E-state index in [-0.39, 0.29) is 0 Å². The fraction of sp³-hybridized carbons (Fsp3) is 0.632.